The minimum Gasteiger partial charge on any atom is -0.479 e. The first-order chi connectivity index (χ1) is 7.13. The van der Waals surface area contributed by atoms with Crippen LogP contribution in [-0.4, -0.2) is 42.5 Å². The van der Waals surface area contributed by atoms with Crippen LogP contribution in [0.5, 0.6) is 0 Å². The van der Waals surface area contributed by atoms with E-state index < -0.39 is 18.2 Å². The van der Waals surface area contributed by atoms with Crippen molar-refractivity contribution in [1.82, 2.24) is 5.32 Å². The summed E-state index contributed by atoms with van der Waals surface area (Å²) in [4.78, 5) is 21.6. The van der Waals surface area contributed by atoms with Gasteiger partial charge in [0.2, 0.25) is 0 Å². The van der Waals surface area contributed by atoms with Crippen LogP contribution in [0.15, 0.2) is 12.7 Å². The Hall–Kier alpha value is -1.56. The number of alkyl carbamates (subject to hydrolysis) is 1. The molecule has 0 radical (unpaired) electrons. The normalized spacial score (nSPS) is 24.5. The maximum absolute atomic E-state index is 11.1. The van der Waals surface area contributed by atoms with E-state index in [0.29, 0.717) is 0 Å². The van der Waals surface area contributed by atoms with Gasteiger partial charge in [0, 0.05) is 6.42 Å². The molecule has 1 heterocycles. The van der Waals surface area contributed by atoms with E-state index in [4.69, 9.17) is 9.84 Å². The van der Waals surface area contributed by atoms with Gasteiger partial charge in [-0.2, -0.15) is 0 Å². The molecule has 1 amide bonds. The molecular weight excluding hydrogens is 202 g/mol. The third-order valence-electron chi connectivity index (χ3n) is 1.93. The molecule has 0 aliphatic carbocycles. The maximum Gasteiger partial charge on any atom is 0.407 e. The first-order valence-electron chi connectivity index (χ1n) is 4.52. The molecule has 0 unspecified atom stereocenters. The molecule has 6 heteroatoms. The van der Waals surface area contributed by atoms with Gasteiger partial charge in [0.25, 0.3) is 0 Å². The lowest BCUT2D eigenvalue weighted by atomic mass is 10.2. The SMILES string of the molecule is C=CCOC(=O)N[C@@H]1CO[C@H](C(=O)O)C1. The Bertz CT molecular complexity index is 265. The Labute approximate surface area is 86.9 Å². The van der Waals surface area contributed by atoms with Crippen molar-refractivity contribution in [3.8, 4) is 0 Å². The van der Waals surface area contributed by atoms with Crippen LogP contribution in [0, 0.1) is 0 Å². The van der Waals surface area contributed by atoms with Crippen LogP contribution < -0.4 is 5.32 Å². The Balaban J connectivity index is 2.26. The molecular formula is C9H13NO5. The van der Waals surface area contributed by atoms with Gasteiger partial charge in [0.1, 0.15) is 6.61 Å². The number of hydrogen-bond acceptors (Lipinski definition) is 4. The molecule has 6 nitrogen and oxygen atoms in total. The van der Waals surface area contributed by atoms with E-state index in [9.17, 15) is 9.59 Å². The number of carbonyl (C=O) groups excluding carboxylic acids is 1. The molecule has 1 fully saturated rings. The molecule has 0 aromatic heterocycles. The highest BCUT2D eigenvalue weighted by atomic mass is 16.6. The van der Waals surface area contributed by atoms with E-state index in [-0.39, 0.29) is 25.7 Å². The lowest BCUT2D eigenvalue weighted by molar-refractivity contribution is -0.147. The minimum absolute atomic E-state index is 0.127. The fraction of sp³-hybridized carbons (Fsp3) is 0.556. The lowest BCUT2D eigenvalue weighted by Crippen LogP contribution is -2.36. The van der Waals surface area contributed by atoms with Crippen LogP contribution >= 0.6 is 0 Å². The molecule has 0 aromatic rings. The van der Waals surface area contributed by atoms with Crippen molar-refractivity contribution in [2.24, 2.45) is 0 Å². The number of carboxylic acids is 1. The van der Waals surface area contributed by atoms with Crippen LogP contribution in [-0.2, 0) is 14.3 Å². The zero-order chi connectivity index (χ0) is 11.3. The highest BCUT2D eigenvalue weighted by Gasteiger charge is 2.31. The summed E-state index contributed by atoms with van der Waals surface area (Å²) < 4.78 is 9.62. The van der Waals surface area contributed by atoms with Crippen molar-refractivity contribution < 1.29 is 24.2 Å². The second-order valence-corrected chi connectivity index (χ2v) is 3.12. The van der Waals surface area contributed by atoms with Gasteiger partial charge in [-0.1, -0.05) is 12.7 Å². The van der Waals surface area contributed by atoms with Gasteiger partial charge in [0.15, 0.2) is 6.10 Å². The Morgan fingerprint density at radius 3 is 2.93 bits per heavy atom. The molecule has 1 rings (SSSR count). The largest absolute Gasteiger partial charge is 0.479 e. The number of hydrogen-bond donors (Lipinski definition) is 2. The second kappa shape index (κ2) is 5.35. The van der Waals surface area contributed by atoms with Crippen molar-refractivity contribution >= 4 is 12.1 Å². The predicted octanol–water partition coefficient (Wildman–Crippen LogP) is 0.141. The van der Waals surface area contributed by atoms with Crippen molar-refractivity contribution in [3.05, 3.63) is 12.7 Å². The lowest BCUT2D eigenvalue weighted by Gasteiger charge is -2.09. The van der Waals surface area contributed by atoms with E-state index >= 15 is 0 Å². The van der Waals surface area contributed by atoms with E-state index in [1.807, 2.05) is 0 Å². The Kier molecular flexibility index (Phi) is 4.11. The second-order valence-electron chi connectivity index (χ2n) is 3.12. The van der Waals surface area contributed by atoms with E-state index in [1.54, 1.807) is 0 Å². The van der Waals surface area contributed by atoms with Crippen molar-refractivity contribution in [3.63, 3.8) is 0 Å². The first-order valence-corrected chi connectivity index (χ1v) is 4.52. The van der Waals surface area contributed by atoms with Gasteiger partial charge in [-0.15, -0.1) is 0 Å². The van der Waals surface area contributed by atoms with Crippen molar-refractivity contribution in [2.45, 2.75) is 18.6 Å². The van der Waals surface area contributed by atoms with Gasteiger partial charge in [0.05, 0.1) is 12.6 Å². The number of carbonyl (C=O) groups is 2. The van der Waals surface area contributed by atoms with Gasteiger partial charge in [-0.25, -0.2) is 9.59 Å². The zero-order valence-electron chi connectivity index (χ0n) is 8.14. The molecule has 2 N–H and O–H groups in total. The highest BCUT2D eigenvalue weighted by Crippen LogP contribution is 2.13. The molecule has 1 saturated heterocycles. The monoisotopic (exact) mass is 215 g/mol. The van der Waals surface area contributed by atoms with Crippen LogP contribution in [0.4, 0.5) is 4.79 Å². The highest BCUT2D eigenvalue weighted by molar-refractivity contribution is 5.73. The number of nitrogens with one attached hydrogen (secondary N) is 1. The fourth-order valence-corrected chi connectivity index (χ4v) is 1.24. The number of rotatable bonds is 4. The quantitative estimate of drug-likeness (QED) is 0.651. The van der Waals surface area contributed by atoms with E-state index in [1.165, 1.54) is 6.08 Å². The Morgan fingerprint density at radius 2 is 2.40 bits per heavy atom. The topological polar surface area (TPSA) is 84.9 Å². The van der Waals surface area contributed by atoms with Crippen LogP contribution in [0.1, 0.15) is 6.42 Å². The molecule has 15 heavy (non-hydrogen) atoms. The number of aliphatic carboxylic acids is 1. The van der Waals surface area contributed by atoms with E-state index in [0.717, 1.165) is 0 Å². The molecule has 2 atom stereocenters. The third-order valence-corrected chi connectivity index (χ3v) is 1.93. The summed E-state index contributed by atoms with van der Waals surface area (Å²) in [6.45, 7) is 3.71. The molecule has 1 aliphatic heterocycles. The smallest absolute Gasteiger partial charge is 0.407 e. The molecule has 1 aliphatic rings. The zero-order valence-corrected chi connectivity index (χ0v) is 8.14. The summed E-state index contributed by atoms with van der Waals surface area (Å²) in [5.41, 5.74) is 0. The standard InChI is InChI=1S/C9H13NO5/c1-2-3-14-9(13)10-6-4-7(8(11)12)15-5-6/h2,6-7H,1,3-5H2,(H,10,13)(H,11,12)/t6-,7-/m0/s1. The summed E-state index contributed by atoms with van der Waals surface area (Å²) in [6, 6.07) is -0.302. The average Bonchev–Trinajstić information content (AvgIpc) is 2.63. The van der Waals surface area contributed by atoms with Crippen LogP contribution in [0.2, 0.25) is 0 Å². The molecule has 84 valence electrons. The van der Waals surface area contributed by atoms with Gasteiger partial charge < -0.3 is 19.9 Å². The van der Waals surface area contributed by atoms with Crippen molar-refractivity contribution in [1.29, 1.82) is 0 Å². The molecule has 0 aromatic carbocycles. The van der Waals surface area contributed by atoms with Gasteiger partial charge >= 0.3 is 12.1 Å². The third kappa shape index (κ3) is 3.59. The number of carboxylic acid groups (broad SMARTS) is 1. The molecule has 0 spiro atoms. The van der Waals surface area contributed by atoms with Gasteiger partial charge in [-0.05, 0) is 0 Å². The van der Waals surface area contributed by atoms with Gasteiger partial charge in [-0.3, -0.25) is 0 Å². The van der Waals surface area contributed by atoms with Crippen LogP contribution in [0.3, 0.4) is 0 Å². The predicted molar refractivity (Wildman–Crippen MR) is 50.5 cm³/mol. The summed E-state index contributed by atoms with van der Waals surface area (Å²) >= 11 is 0. The molecule has 0 bridgehead atoms. The number of amides is 1. The summed E-state index contributed by atoms with van der Waals surface area (Å²) in [5.74, 6) is -1.02. The van der Waals surface area contributed by atoms with Crippen LogP contribution in [0.25, 0.3) is 0 Å². The summed E-state index contributed by atoms with van der Waals surface area (Å²) in [5, 5.41) is 11.1. The summed E-state index contributed by atoms with van der Waals surface area (Å²) in [7, 11) is 0. The molecule has 0 saturated carbocycles. The van der Waals surface area contributed by atoms with E-state index in [2.05, 4.69) is 16.6 Å². The average molecular weight is 215 g/mol. The minimum atomic E-state index is -1.02. The fourth-order valence-electron chi connectivity index (χ4n) is 1.24. The maximum atomic E-state index is 11.1. The number of ether oxygens (including phenoxy) is 2. The summed E-state index contributed by atoms with van der Waals surface area (Å²) in [6.07, 6.45) is 0.285. The Morgan fingerprint density at radius 1 is 1.67 bits per heavy atom. The first kappa shape index (κ1) is 11.5. The van der Waals surface area contributed by atoms with Crippen molar-refractivity contribution in [2.75, 3.05) is 13.2 Å².